The smallest absolute Gasteiger partial charge is 0.341 e. The molecule has 0 saturated heterocycles. The predicted molar refractivity (Wildman–Crippen MR) is 99.0 cm³/mol. The number of halogens is 7. The normalized spacial score (nSPS) is 13.9. The molecule has 1 N–H and O–H groups in total. The number of benzene rings is 1. The number of alkyl halides is 6. The van der Waals surface area contributed by atoms with Crippen LogP contribution in [0.2, 0.25) is 5.02 Å². The Bertz CT molecular complexity index is 1120. The molecule has 2 heterocycles. The third kappa shape index (κ3) is 4.75. The van der Waals surface area contributed by atoms with Crippen LogP contribution in [0.3, 0.4) is 0 Å². The van der Waals surface area contributed by atoms with E-state index in [-0.39, 0.29) is 27.7 Å². The Balaban J connectivity index is 2.04. The summed E-state index contributed by atoms with van der Waals surface area (Å²) in [7, 11) is 0. The number of rotatable bonds is 4. The molecule has 13 heteroatoms. The molecule has 0 aliphatic rings. The summed E-state index contributed by atoms with van der Waals surface area (Å²) < 4.78 is 77.6. The number of aromatic nitrogens is 3. The molecule has 160 valence electrons. The van der Waals surface area contributed by atoms with Crippen molar-refractivity contribution in [3.63, 3.8) is 0 Å². The van der Waals surface area contributed by atoms with E-state index in [1.807, 2.05) is 0 Å². The van der Waals surface area contributed by atoms with Crippen LogP contribution in [0.5, 0.6) is 0 Å². The van der Waals surface area contributed by atoms with E-state index in [1.54, 1.807) is 23.5 Å². The molecule has 3 aromatic rings. The zero-order valence-electron chi connectivity index (χ0n) is 14.8. The number of amides is 1. The summed E-state index contributed by atoms with van der Waals surface area (Å²) in [4.78, 5) is 15.9. The molecule has 5 nitrogen and oxygen atoms in total. The van der Waals surface area contributed by atoms with E-state index in [4.69, 9.17) is 11.6 Å². The van der Waals surface area contributed by atoms with Gasteiger partial charge in [0.15, 0.2) is 0 Å². The van der Waals surface area contributed by atoms with Crippen LogP contribution in [0.25, 0.3) is 22.3 Å². The highest BCUT2D eigenvalue weighted by atomic mass is 35.5. The van der Waals surface area contributed by atoms with Crippen LogP contribution >= 0.6 is 22.9 Å². The van der Waals surface area contributed by atoms with Crippen molar-refractivity contribution in [2.24, 2.45) is 0 Å². The first-order valence-corrected chi connectivity index (χ1v) is 9.33. The predicted octanol–water partition coefficient (Wildman–Crippen LogP) is 5.21. The fourth-order valence-electron chi connectivity index (χ4n) is 2.37. The maximum atomic E-state index is 13.0. The first kappa shape index (κ1) is 22.1. The minimum atomic E-state index is -4.71. The fourth-order valence-corrected chi connectivity index (χ4v) is 3.34. The summed E-state index contributed by atoms with van der Waals surface area (Å²) in [6.45, 7) is 0.760. The molecule has 30 heavy (non-hydrogen) atoms. The molecule has 1 amide bonds. The summed E-state index contributed by atoms with van der Waals surface area (Å²) in [6.07, 6.45) is -7.53. The number of fused-ring (bicyclic) bond motifs is 1. The van der Waals surface area contributed by atoms with Gasteiger partial charge in [-0.2, -0.15) is 26.3 Å². The average molecular weight is 469 g/mol. The van der Waals surface area contributed by atoms with E-state index in [2.05, 4.69) is 10.1 Å². The molecule has 0 bridgehead atoms. The van der Waals surface area contributed by atoms with E-state index in [0.29, 0.717) is 10.6 Å². The number of hydrogen-bond donors (Lipinski definition) is 1. The maximum absolute atomic E-state index is 13.0. The van der Waals surface area contributed by atoms with Gasteiger partial charge in [0.1, 0.15) is 6.04 Å². The molecule has 1 atom stereocenters. The zero-order chi connectivity index (χ0) is 22.3. The van der Waals surface area contributed by atoms with Gasteiger partial charge < -0.3 is 5.32 Å². The van der Waals surface area contributed by atoms with E-state index in [0.717, 1.165) is 23.6 Å². The molecule has 1 aromatic carbocycles. The fraction of sp³-hybridized carbons (Fsp3) is 0.235. The Labute approximate surface area is 174 Å². The molecule has 3 rings (SSSR count). The van der Waals surface area contributed by atoms with Gasteiger partial charge in [-0.15, -0.1) is 5.10 Å². The minimum Gasteiger partial charge on any atom is -0.341 e. The van der Waals surface area contributed by atoms with Gasteiger partial charge in [0.05, 0.1) is 11.4 Å². The van der Waals surface area contributed by atoms with Crippen molar-refractivity contribution < 1.29 is 31.1 Å². The van der Waals surface area contributed by atoms with Crippen molar-refractivity contribution >= 4 is 39.9 Å². The number of carbonyl (C=O) groups is 1. The molecule has 2 aromatic heterocycles. The monoisotopic (exact) mass is 468 g/mol. The summed E-state index contributed by atoms with van der Waals surface area (Å²) in [5.74, 6) is -1.09. The van der Waals surface area contributed by atoms with Gasteiger partial charge in [0, 0.05) is 16.7 Å². The summed E-state index contributed by atoms with van der Waals surface area (Å²) in [6, 6.07) is 4.15. The van der Waals surface area contributed by atoms with E-state index < -0.39 is 29.3 Å². The molecule has 0 spiro atoms. The Morgan fingerprint density at radius 3 is 2.57 bits per heavy atom. The number of hydrogen-bond acceptors (Lipinski definition) is 4. The lowest BCUT2D eigenvalue weighted by molar-refractivity contribution is -0.156. The van der Waals surface area contributed by atoms with Gasteiger partial charge in [-0.3, -0.25) is 4.79 Å². The molecular weight excluding hydrogens is 458 g/mol. The van der Waals surface area contributed by atoms with Crippen LogP contribution in [0, 0.1) is 0 Å². The van der Waals surface area contributed by atoms with E-state index >= 15 is 0 Å². The van der Waals surface area contributed by atoms with Crippen LogP contribution in [-0.2, 0) is 11.0 Å². The third-order valence-electron chi connectivity index (χ3n) is 3.82. The second-order valence-corrected chi connectivity index (χ2v) is 7.45. The number of nitrogens with zero attached hydrogens (tertiary/aromatic N) is 3. The molecule has 0 aliphatic heterocycles. The van der Waals surface area contributed by atoms with Crippen LogP contribution in [0.15, 0.2) is 30.3 Å². The highest BCUT2D eigenvalue weighted by Gasteiger charge is 2.37. The van der Waals surface area contributed by atoms with Crippen LogP contribution in [0.1, 0.15) is 17.6 Å². The van der Waals surface area contributed by atoms with Gasteiger partial charge in [-0.05, 0) is 25.1 Å². The van der Waals surface area contributed by atoms with E-state index in [9.17, 15) is 31.1 Å². The number of imidazole rings is 1. The molecular formula is C17H11ClF6N4OS. The van der Waals surface area contributed by atoms with Crippen LogP contribution in [0.4, 0.5) is 26.3 Å². The Morgan fingerprint density at radius 1 is 1.27 bits per heavy atom. The third-order valence-corrected chi connectivity index (χ3v) is 5.01. The van der Waals surface area contributed by atoms with Crippen molar-refractivity contribution in [1.82, 2.24) is 19.9 Å². The summed E-state index contributed by atoms with van der Waals surface area (Å²) in [5, 5.41) is 4.38. The lowest BCUT2D eigenvalue weighted by atomic mass is 10.1. The lowest BCUT2D eigenvalue weighted by Crippen LogP contribution is -2.42. The minimum absolute atomic E-state index is 0.0196. The first-order valence-electron chi connectivity index (χ1n) is 8.14. The summed E-state index contributed by atoms with van der Waals surface area (Å²) >= 11 is 6.23. The van der Waals surface area contributed by atoms with Crippen molar-refractivity contribution in [1.29, 1.82) is 0 Å². The second-order valence-electron chi connectivity index (χ2n) is 6.06. The summed E-state index contributed by atoms with van der Waals surface area (Å²) in [5.41, 5.74) is 0.573. The van der Waals surface area contributed by atoms with Gasteiger partial charge in [-0.1, -0.05) is 35.1 Å². The van der Waals surface area contributed by atoms with Gasteiger partial charge in [0.25, 0.3) is 0 Å². The second kappa shape index (κ2) is 7.91. The van der Waals surface area contributed by atoms with Gasteiger partial charge in [0.2, 0.25) is 15.9 Å². The quantitative estimate of drug-likeness (QED) is 0.422. The maximum Gasteiger partial charge on any atom is 0.445 e. The zero-order valence-corrected chi connectivity index (χ0v) is 16.4. The standard InChI is InChI=1S/C17H11ClF6N4OS/c1-8(16(19,20)21)25-12(29)6-5-11-13(9-3-2-4-10(18)7-9)26-15-28(11)27-14(30-15)17(22,23)24/h2-8H,1H3,(H,25,29). The average Bonchev–Trinajstić information content (AvgIpc) is 3.17. The number of nitrogens with one attached hydrogen (secondary N) is 1. The van der Waals surface area contributed by atoms with Crippen LogP contribution < -0.4 is 5.32 Å². The highest BCUT2D eigenvalue weighted by Crippen LogP contribution is 2.35. The SMILES string of the molecule is CC(NC(=O)C=Cc1c(-c2cccc(Cl)c2)nc2sc(C(F)(F)F)nn12)C(F)(F)F. The van der Waals surface area contributed by atoms with Crippen LogP contribution in [-0.4, -0.2) is 32.7 Å². The first-order chi connectivity index (χ1) is 13.9. The van der Waals surface area contributed by atoms with Crippen molar-refractivity contribution in [2.45, 2.75) is 25.3 Å². The van der Waals surface area contributed by atoms with Gasteiger partial charge >= 0.3 is 12.4 Å². The number of carbonyl (C=O) groups excluding carboxylic acids is 1. The highest BCUT2D eigenvalue weighted by molar-refractivity contribution is 7.16. The van der Waals surface area contributed by atoms with Crippen molar-refractivity contribution in [3.8, 4) is 11.3 Å². The molecule has 0 saturated carbocycles. The Morgan fingerprint density at radius 2 is 1.97 bits per heavy atom. The van der Waals surface area contributed by atoms with Gasteiger partial charge in [-0.25, -0.2) is 9.50 Å². The topological polar surface area (TPSA) is 59.3 Å². The molecule has 0 fully saturated rings. The lowest BCUT2D eigenvalue weighted by Gasteiger charge is -2.15. The molecule has 0 aliphatic carbocycles. The Hall–Kier alpha value is -2.60. The largest absolute Gasteiger partial charge is 0.445 e. The Kier molecular flexibility index (Phi) is 5.83. The van der Waals surface area contributed by atoms with Crippen molar-refractivity contribution in [3.05, 3.63) is 46.1 Å². The molecule has 1 unspecified atom stereocenters. The van der Waals surface area contributed by atoms with E-state index in [1.165, 1.54) is 6.07 Å². The van der Waals surface area contributed by atoms with Crippen molar-refractivity contribution in [2.75, 3.05) is 0 Å². The molecule has 0 radical (unpaired) electrons.